The molecule has 16 heavy (non-hydrogen) atoms. The van der Waals surface area contributed by atoms with E-state index in [0.29, 0.717) is 19.3 Å². The molecule has 0 amide bonds. The van der Waals surface area contributed by atoms with Gasteiger partial charge in [0.2, 0.25) is 0 Å². The van der Waals surface area contributed by atoms with Crippen molar-refractivity contribution < 1.29 is 19.8 Å². The molecule has 4 heteroatoms. The molecule has 0 aliphatic carbocycles. The third-order valence-electron chi connectivity index (χ3n) is 2.68. The van der Waals surface area contributed by atoms with Crippen molar-refractivity contribution in [2.24, 2.45) is 11.8 Å². The molecule has 0 saturated carbocycles. The lowest BCUT2D eigenvalue weighted by atomic mass is 9.86. The van der Waals surface area contributed by atoms with Gasteiger partial charge in [-0.15, -0.1) is 0 Å². The molecule has 0 aliphatic heterocycles. The van der Waals surface area contributed by atoms with Crippen LogP contribution in [0.3, 0.4) is 0 Å². The molecule has 0 saturated heterocycles. The van der Waals surface area contributed by atoms with Crippen molar-refractivity contribution in [2.75, 3.05) is 0 Å². The Balaban J connectivity index is 4.36. The van der Waals surface area contributed by atoms with Crippen LogP contribution in [0.2, 0.25) is 0 Å². The number of aliphatic carboxylic acids is 2. The molecule has 0 fully saturated rings. The van der Waals surface area contributed by atoms with Gasteiger partial charge in [0, 0.05) is 0 Å². The first-order valence-electron chi connectivity index (χ1n) is 5.61. The second kappa shape index (κ2) is 7.91. The van der Waals surface area contributed by atoms with Gasteiger partial charge in [-0.05, 0) is 32.6 Å². The second-order valence-corrected chi connectivity index (χ2v) is 3.80. The van der Waals surface area contributed by atoms with E-state index in [9.17, 15) is 9.59 Å². The number of carboxylic acid groups (broad SMARTS) is 2. The maximum atomic E-state index is 11.0. The predicted octanol–water partition coefficient (Wildman–Crippen LogP) is 2.54. The van der Waals surface area contributed by atoms with Gasteiger partial charge in [0.05, 0.1) is 11.8 Å². The fraction of sp³-hybridized carbons (Fsp3) is 0.667. The van der Waals surface area contributed by atoms with Crippen LogP contribution in [0.25, 0.3) is 0 Å². The van der Waals surface area contributed by atoms with E-state index in [4.69, 9.17) is 10.2 Å². The summed E-state index contributed by atoms with van der Waals surface area (Å²) >= 11 is 0. The van der Waals surface area contributed by atoms with E-state index < -0.39 is 23.8 Å². The molecule has 92 valence electrons. The Kier molecular flexibility index (Phi) is 7.25. The molecule has 0 aromatic carbocycles. The molecule has 0 aromatic heterocycles. The number of carboxylic acids is 2. The van der Waals surface area contributed by atoms with E-state index in [0.717, 1.165) is 6.42 Å². The first kappa shape index (κ1) is 14.7. The number of carbonyl (C=O) groups is 2. The molecule has 0 heterocycles. The summed E-state index contributed by atoms with van der Waals surface area (Å²) in [5.74, 6) is -3.56. The third-order valence-corrected chi connectivity index (χ3v) is 2.68. The lowest BCUT2D eigenvalue weighted by Gasteiger charge is -2.18. The zero-order valence-electron chi connectivity index (χ0n) is 9.85. The topological polar surface area (TPSA) is 74.6 Å². The number of allylic oxidation sites excluding steroid dienone is 2. The molecule has 2 unspecified atom stereocenters. The molecule has 0 rings (SSSR count). The fourth-order valence-electron chi connectivity index (χ4n) is 1.75. The summed E-state index contributed by atoms with van der Waals surface area (Å²) in [5.41, 5.74) is 0. The van der Waals surface area contributed by atoms with E-state index in [1.165, 1.54) is 0 Å². The third kappa shape index (κ3) is 4.96. The van der Waals surface area contributed by atoms with Crippen LogP contribution in [-0.2, 0) is 9.59 Å². The Labute approximate surface area is 96.0 Å². The molecule has 0 spiro atoms. The normalized spacial score (nSPS) is 14.9. The Bertz CT molecular complexity index is 258. The van der Waals surface area contributed by atoms with Gasteiger partial charge in [-0.1, -0.05) is 19.1 Å². The van der Waals surface area contributed by atoms with E-state index in [1.807, 2.05) is 19.1 Å². The lowest BCUT2D eigenvalue weighted by Crippen LogP contribution is -2.29. The summed E-state index contributed by atoms with van der Waals surface area (Å²) in [5, 5.41) is 17.9. The molecule has 0 bridgehead atoms. The van der Waals surface area contributed by atoms with Gasteiger partial charge in [-0.2, -0.15) is 0 Å². The summed E-state index contributed by atoms with van der Waals surface area (Å²) in [6, 6.07) is 0. The highest BCUT2D eigenvalue weighted by molar-refractivity contribution is 5.79. The fourth-order valence-corrected chi connectivity index (χ4v) is 1.75. The summed E-state index contributed by atoms with van der Waals surface area (Å²) in [6.45, 7) is 3.61. The lowest BCUT2D eigenvalue weighted by molar-refractivity contribution is -0.154. The Morgan fingerprint density at radius 2 is 1.75 bits per heavy atom. The number of unbranched alkanes of at least 4 members (excludes halogenated alkanes) is 1. The molecular weight excluding hydrogens is 208 g/mol. The largest absolute Gasteiger partial charge is 0.481 e. The first-order valence-corrected chi connectivity index (χ1v) is 5.61. The molecule has 2 N–H and O–H groups in total. The van der Waals surface area contributed by atoms with Crippen molar-refractivity contribution in [1.82, 2.24) is 0 Å². The maximum Gasteiger partial charge on any atom is 0.307 e. The summed E-state index contributed by atoms with van der Waals surface area (Å²) in [7, 11) is 0. The van der Waals surface area contributed by atoms with Crippen LogP contribution in [0.15, 0.2) is 12.2 Å². The SMILES string of the molecule is CC=CCCCC(C(=O)O)C(CC)C(=O)O. The van der Waals surface area contributed by atoms with E-state index in [-0.39, 0.29) is 0 Å². The monoisotopic (exact) mass is 228 g/mol. The summed E-state index contributed by atoms with van der Waals surface area (Å²) in [4.78, 5) is 21.9. The molecule has 0 aromatic rings. The van der Waals surface area contributed by atoms with Crippen LogP contribution in [-0.4, -0.2) is 22.2 Å². The van der Waals surface area contributed by atoms with E-state index in [1.54, 1.807) is 6.92 Å². The van der Waals surface area contributed by atoms with Crippen molar-refractivity contribution in [2.45, 2.75) is 39.5 Å². The van der Waals surface area contributed by atoms with E-state index in [2.05, 4.69) is 0 Å². The van der Waals surface area contributed by atoms with Crippen LogP contribution in [0.1, 0.15) is 39.5 Å². The molecule has 2 atom stereocenters. The first-order chi connectivity index (χ1) is 7.54. The molecular formula is C12H20O4. The standard InChI is InChI=1S/C12H20O4/c1-3-5-6-7-8-10(12(15)16)9(4-2)11(13)14/h3,5,9-10H,4,6-8H2,1-2H3,(H,13,14)(H,15,16). The van der Waals surface area contributed by atoms with Crippen LogP contribution < -0.4 is 0 Å². The zero-order valence-corrected chi connectivity index (χ0v) is 9.85. The number of rotatable bonds is 8. The van der Waals surface area contributed by atoms with Gasteiger partial charge in [0.15, 0.2) is 0 Å². The van der Waals surface area contributed by atoms with Crippen molar-refractivity contribution in [3.8, 4) is 0 Å². The zero-order chi connectivity index (χ0) is 12.6. The van der Waals surface area contributed by atoms with Crippen molar-refractivity contribution in [1.29, 1.82) is 0 Å². The number of hydrogen-bond donors (Lipinski definition) is 2. The summed E-state index contributed by atoms with van der Waals surface area (Å²) in [6.07, 6.45) is 6.16. The van der Waals surface area contributed by atoms with Crippen LogP contribution >= 0.6 is 0 Å². The van der Waals surface area contributed by atoms with Gasteiger partial charge >= 0.3 is 11.9 Å². The Morgan fingerprint density at radius 3 is 2.12 bits per heavy atom. The average molecular weight is 228 g/mol. The van der Waals surface area contributed by atoms with Gasteiger partial charge < -0.3 is 10.2 Å². The highest BCUT2D eigenvalue weighted by Gasteiger charge is 2.31. The molecule has 4 nitrogen and oxygen atoms in total. The van der Waals surface area contributed by atoms with Gasteiger partial charge in [-0.25, -0.2) is 0 Å². The minimum absolute atomic E-state index is 0.357. The highest BCUT2D eigenvalue weighted by atomic mass is 16.4. The molecule has 0 aliphatic rings. The quantitative estimate of drug-likeness (QED) is 0.494. The number of hydrogen-bond acceptors (Lipinski definition) is 2. The van der Waals surface area contributed by atoms with E-state index >= 15 is 0 Å². The van der Waals surface area contributed by atoms with Crippen molar-refractivity contribution >= 4 is 11.9 Å². The van der Waals surface area contributed by atoms with Gasteiger partial charge in [0.1, 0.15) is 0 Å². The Morgan fingerprint density at radius 1 is 1.19 bits per heavy atom. The predicted molar refractivity (Wildman–Crippen MR) is 61.2 cm³/mol. The van der Waals surface area contributed by atoms with Crippen LogP contribution in [0.4, 0.5) is 0 Å². The van der Waals surface area contributed by atoms with Crippen LogP contribution in [0, 0.1) is 11.8 Å². The molecule has 0 radical (unpaired) electrons. The second-order valence-electron chi connectivity index (χ2n) is 3.80. The smallest absolute Gasteiger partial charge is 0.307 e. The minimum Gasteiger partial charge on any atom is -0.481 e. The minimum atomic E-state index is -1.01. The van der Waals surface area contributed by atoms with Gasteiger partial charge in [0.25, 0.3) is 0 Å². The maximum absolute atomic E-state index is 11.0. The van der Waals surface area contributed by atoms with Crippen molar-refractivity contribution in [3.05, 3.63) is 12.2 Å². The van der Waals surface area contributed by atoms with Gasteiger partial charge in [-0.3, -0.25) is 9.59 Å². The Hall–Kier alpha value is -1.32. The highest BCUT2D eigenvalue weighted by Crippen LogP contribution is 2.22. The summed E-state index contributed by atoms with van der Waals surface area (Å²) < 4.78 is 0. The van der Waals surface area contributed by atoms with Crippen molar-refractivity contribution in [3.63, 3.8) is 0 Å². The average Bonchev–Trinajstić information content (AvgIpc) is 2.21. The van der Waals surface area contributed by atoms with Crippen LogP contribution in [0.5, 0.6) is 0 Å².